The van der Waals surface area contributed by atoms with E-state index in [1.54, 1.807) is 16.2 Å². The van der Waals surface area contributed by atoms with E-state index in [9.17, 15) is 9.59 Å². The maximum Gasteiger partial charge on any atom is 0.239 e. The average Bonchev–Trinajstić information content (AvgIpc) is 3.05. The van der Waals surface area contributed by atoms with Gasteiger partial charge in [-0.3, -0.25) is 14.5 Å². The summed E-state index contributed by atoms with van der Waals surface area (Å²) in [4.78, 5) is 29.1. The Bertz CT molecular complexity index is 472. The van der Waals surface area contributed by atoms with Gasteiger partial charge >= 0.3 is 0 Å². The van der Waals surface area contributed by atoms with Crippen LogP contribution in [-0.2, 0) is 16.1 Å². The van der Waals surface area contributed by atoms with Crippen molar-refractivity contribution in [3.8, 4) is 0 Å². The molecule has 0 aliphatic carbocycles. The van der Waals surface area contributed by atoms with Gasteiger partial charge < -0.3 is 15.5 Å². The summed E-state index contributed by atoms with van der Waals surface area (Å²) in [5.41, 5.74) is 0. The van der Waals surface area contributed by atoms with Crippen molar-refractivity contribution in [1.82, 2.24) is 20.4 Å². The summed E-state index contributed by atoms with van der Waals surface area (Å²) in [5.74, 6) is -0.0837. The second kappa shape index (κ2) is 8.87. The number of hydrogen-bond donors (Lipinski definition) is 2. The molecule has 1 aliphatic heterocycles. The van der Waals surface area contributed by atoms with Crippen molar-refractivity contribution in [3.63, 3.8) is 0 Å². The van der Waals surface area contributed by atoms with E-state index in [1.807, 2.05) is 24.4 Å². The third kappa shape index (κ3) is 5.40. The van der Waals surface area contributed by atoms with Crippen LogP contribution < -0.4 is 10.6 Å². The summed E-state index contributed by atoms with van der Waals surface area (Å²) in [7, 11) is 0. The van der Waals surface area contributed by atoms with Crippen LogP contribution in [0.25, 0.3) is 0 Å². The van der Waals surface area contributed by atoms with Crippen molar-refractivity contribution in [2.24, 2.45) is 0 Å². The van der Waals surface area contributed by atoms with E-state index in [0.717, 1.165) is 31.1 Å². The van der Waals surface area contributed by atoms with Gasteiger partial charge in [-0.05, 0) is 18.4 Å². The predicted molar refractivity (Wildman–Crippen MR) is 87.7 cm³/mol. The number of hydrogen-bond acceptors (Lipinski definition) is 5. The molecular weight excluding hydrogens is 300 g/mol. The minimum Gasteiger partial charge on any atom is -0.350 e. The molecule has 7 heteroatoms. The van der Waals surface area contributed by atoms with Gasteiger partial charge in [0.25, 0.3) is 0 Å². The van der Waals surface area contributed by atoms with Gasteiger partial charge in [0, 0.05) is 37.6 Å². The zero-order chi connectivity index (χ0) is 15.8. The molecule has 1 aliphatic rings. The number of nitrogens with one attached hydrogen (secondary N) is 2. The van der Waals surface area contributed by atoms with Crippen molar-refractivity contribution in [2.45, 2.75) is 13.5 Å². The fraction of sp³-hybridized carbons (Fsp3) is 0.600. The molecule has 2 rings (SSSR count). The first-order valence-corrected chi connectivity index (χ1v) is 8.57. The van der Waals surface area contributed by atoms with Gasteiger partial charge in [-0.1, -0.05) is 6.07 Å². The Labute approximate surface area is 135 Å². The van der Waals surface area contributed by atoms with Gasteiger partial charge in [0.15, 0.2) is 0 Å². The molecule has 0 radical (unpaired) electrons. The molecule has 0 spiro atoms. The van der Waals surface area contributed by atoms with Crippen LogP contribution >= 0.6 is 11.3 Å². The minimum absolute atomic E-state index is 0.0238. The Morgan fingerprint density at radius 1 is 1.41 bits per heavy atom. The highest BCUT2D eigenvalue weighted by Crippen LogP contribution is 2.07. The Morgan fingerprint density at radius 3 is 2.82 bits per heavy atom. The summed E-state index contributed by atoms with van der Waals surface area (Å²) < 4.78 is 0. The number of piperazine rings is 1. The predicted octanol–water partition coefficient (Wildman–Crippen LogP) is 0.118. The van der Waals surface area contributed by atoms with Crippen molar-refractivity contribution in [3.05, 3.63) is 22.4 Å². The maximum atomic E-state index is 12.3. The quantitative estimate of drug-likeness (QED) is 0.748. The van der Waals surface area contributed by atoms with Crippen molar-refractivity contribution in [2.75, 3.05) is 45.8 Å². The van der Waals surface area contributed by atoms with Gasteiger partial charge in [0.05, 0.1) is 19.6 Å². The first kappa shape index (κ1) is 16.9. The lowest BCUT2D eigenvalue weighted by atomic mass is 10.3. The van der Waals surface area contributed by atoms with E-state index in [4.69, 9.17) is 0 Å². The van der Waals surface area contributed by atoms with Gasteiger partial charge in [-0.2, -0.15) is 0 Å². The lowest BCUT2D eigenvalue weighted by molar-refractivity contribution is -0.136. The largest absolute Gasteiger partial charge is 0.350 e. The Hall–Kier alpha value is -1.44. The first-order chi connectivity index (χ1) is 10.7. The molecule has 0 bridgehead atoms. The van der Waals surface area contributed by atoms with Crippen LogP contribution in [0.1, 0.15) is 11.8 Å². The summed E-state index contributed by atoms with van der Waals surface area (Å²) in [6.45, 7) is 7.11. The number of thiophene rings is 1. The highest BCUT2D eigenvalue weighted by atomic mass is 32.1. The molecule has 2 heterocycles. The Morgan fingerprint density at radius 2 is 2.18 bits per heavy atom. The lowest BCUT2D eigenvalue weighted by Crippen LogP contribution is -2.49. The molecule has 2 N–H and O–H groups in total. The van der Waals surface area contributed by atoms with Crippen LogP contribution in [0.2, 0.25) is 0 Å². The van der Waals surface area contributed by atoms with Gasteiger partial charge in [0.1, 0.15) is 0 Å². The molecule has 0 atom stereocenters. The molecular formula is C15H24N4O2S. The lowest BCUT2D eigenvalue weighted by Gasteiger charge is -2.29. The number of amides is 2. The molecule has 0 unspecified atom stereocenters. The number of nitrogens with zero attached hydrogens (tertiary/aromatic N) is 2. The maximum absolute atomic E-state index is 12.3. The smallest absolute Gasteiger partial charge is 0.239 e. The highest BCUT2D eigenvalue weighted by Gasteiger charge is 2.19. The number of likely N-dealkylation sites (N-methyl/N-ethyl adjacent to an activating group) is 1. The Balaban J connectivity index is 1.74. The second-order valence-corrected chi connectivity index (χ2v) is 6.32. The van der Waals surface area contributed by atoms with Crippen LogP contribution in [0.3, 0.4) is 0 Å². The molecule has 122 valence electrons. The number of rotatable bonds is 7. The summed E-state index contributed by atoms with van der Waals surface area (Å²) in [6, 6.07) is 3.94. The minimum atomic E-state index is -0.107. The zero-order valence-corrected chi connectivity index (χ0v) is 13.8. The third-order valence-corrected chi connectivity index (χ3v) is 4.55. The van der Waals surface area contributed by atoms with E-state index < -0.39 is 0 Å². The molecule has 6 nitrogen and oxygen atoms in total. The van der Waals surface area contributed by atoms with E-state index in [2.05, 4.69) is 15.5 Å². The second-order valence-electron chi connectivity index (χ2n) is 5.29. The molecule has 0 saturated carbocycles. The molecule has 22 heavy (non-hydrogen) atoms. The highest BCUT2D eigenvalue weighted by molar-refractivity contribution is 7.09. The molecule has 1 saturated heterocycles. The molecule has 1 aromatic rings. The summed E-state index contributed by atoms with van der Waals surface area (Å²) >= 11 is 1.61. The third-order valence-electron chi connectivity index (χ3n) is 3.68. The number of carbonyl (C=O) groups excluding carboxylic acids is 2. The van der Waals surface area contributed by atoms with Gasteiger partial charge in [-0.25, -0.2) is 0 Å². The van der Waals surface area contributed by atoms with Crippen molar-refractivity contribution in [1.29, 1.82) is 0 Å². The van der Waals surface area contributed by atoms with E-state index in [1.165, 1.54) is 0 Å². The monoisotopic (exact) mass is 324 g/mol. The fourth-order valence-corrected chi connectivity index (χ4v) is 3.01. The zero-order valence-electron chi connectivity index (χ0n) is 13.0. The molecule has 2 amide bonds. The normalized spacial score (nSPS) is 15.5. The van der Waals surface area contributed by atoms with Crippen LogP contribution in [0, 0.1) is 0 Å². The Kier molecular flexibility index (Phi) is 6.82. The van der Waals surface area contributed by atoms with E-state index in [0.29, 0.717) is 19.6 Å². The molecule has 1 aromatic heterocycles. The summed E-state index contributed by atoms with van der Waals surface area (Å²) in [6.07, 6.45) is 0. The van der Waals surface area contributed by atoms with Crippen molar-refractivity contribution < 1.29 is 9.59 Å². The van der Waals surface area contributed by atoms with Crippen LogP contribution in [0.15, 0.2) is 17.5 Å². The van der Waals surface area contributed by atoms with Crippen LogP contribution in [-0.4, -0.2) is 67.4 Å². The van der Waals surface area contributed by atoms with Gasteiger partial charge in [-0.15, -0.1) is 11.3 Å². The average molecular weight is 324 g/mol. The van der Waals surface area contributed by atoms with E-state index >= 15 is 0 Å². The topological polar surface area (TPSA) is 64.7 Å². The number of carbonyl (C=O) groups is 2. The molecule has 0 aromatic carbocycles. The fourth-order valence-electron chi connectivity index (χ4n) is 2.36. The molecule has 1 fully saturated rings. The van der Waals surface area contributed by atoms with Crippen molar-refractivity contribution >= 4 is 23.2 Å². The SMILES string of the molecule is CCN(CC(=O)NCc1cccs1)C(=O)CN1CCNCC1. The van der Waals surface area contributed by atoms with Crippen LogP contribution in [0.5, 0.6) is 0 Å². The van der Waals surface area contributed by atoms with E-state index in [-0.39, 0.29) is 18.4 Å². The summed E-state index contributed by atoms with van der Waals surface area (Å²) in [5, 5.41) is 8.11. The van der Waals surface area contributed by atoms with Crippen LogP contribution in [0.4, 0.5) is 0 Å². The first-order valence-electron chi connectivity index (χ1n) is 7.69. The van der Waals surface area contributed by atoms with Gasteiger partial charge in [0.2, 0.25) is 11.8 Å². The standard InChI is InChI=1S/C15H24N4O2S/c1-2-19(15(21)12-18-7-5-16-6-8-18)11-14(20)17-10-13-4-3-9-22-13/h3-4,9,16H,2,5-8,10-12H2,1H3,(H,17,20).